The summed E-state index contributed by atoms with van der Waals surface area (Å²) in [6, 6.07) is 59.3. The molecule has 18 rings (SSSR count). The number of hydrogen-bond donors (Lipinski definition) is 4. The molecule has 4 N–H and O–H groups in total. The van der Waals surface area contributed by atoms with Gasteiger partial charge in [-0.05, 0) is 260 Å². The van der Waals surface area contributed by atoms with Crippen molar-refractivity contribution < 1.29 is 28.2 Å². The summed E-state index contributed by atoms with van der Waals surface area (Å²) in [6.07, 6.45) is 21.9. The number of fused-ring (bicyclic) bond motifs is 15. The highest BCUT2D eigenvalue weighted by atomic mass is 16.5. The quantitative estimate of drug-likeness (QED) is 0.0395. The van der Waals surface area contributed by atoms with Crippen LogP contribution in [0.2, 0.25) is 0 Å². The van der Waals surface area contributed by atoms with E-state index < -0.39 is 0 Å². The number of furan rings is 1. The van der Waals surface area contributed by atoms with Gasteiger partial charge in [-0.2, -0.15) is 0 Å². The van der Waals surface area contributed by atoms with E-state index in [2.05, 4.69) is 290 Å². The topological polar surface area (TPSA) is 130 Å². The molecule has 0 amide bonds. The molecule has 4 aliphatic rings. The number of benzene rings is 9. The lowest BCUT2D eigenvalue weighted by Gasteiger charge is -2.36. The van der Waals surface area contributed by atoms with Crippen LogP contribution in [0.1, 0.15) is 311 Å². The second-order valence-electron chi connectivity index (χ2n) is 36.5. The van der Waals surface area contributed by atoms with Crippen LogP contribution in [0.4, 0.5) is 0 Å². The standard InChI is InChI=1S/C31H33NO2.C27H35NO.C27H33NO.C26H31NO2/c1-5-14-31(6-2)30-24(13-15-33-31)26-17-21(19(3)4)16-25(29(26)32-30)20-11-12-23-22-9-7-8-10-27(22)34-28(23)18-20;1-7-10-27(8-2)26-22(9-11-29-27)24-16-20(17(3)4)15-23(25(24)28-26)21-13-18(5)12-19(6)14-21;1-5-15-27(6-2)26-23(14-16-29-27)24-18-22(19(3)4)17-21(25(24)28-26)13-12-20-10-8-7-9-11-20;1-5-11-26(6-2)25-21(10-12-29-26)23-15-20(17(3)4)14-22(24(23)27-25)19-9-7-8-18(13-19)16-28/h7-12,16-19,32H,5-6,13-15H2,1-4H3;12-17,28H,7-11H2,1-6H3;7-13,17-19,28H,5-6,14-16H2,1-4H3;7-9,13-17,27H,5-6,10-12H2,1-4H3/b;;13-12+;. The summed E-state index contributed by atoms with van der Waals surface area (Å²) < 4.78 is 32.0. The summed E-state index contributed by atoms with van der Waals surface area (Å²) >= 11 is 0. The SMILES string of the molecule is CCCC1(CC)OCCc2c1[nH]c1c(-c3cc(C)cc(C)c3)cc(C(C)C)cc21.CCCC1(CC)OCCc2c1[nH]c1c(-c3ccc4c(c3)oc3ccccc34)cc(C(C)C)cc21.CCCC1(CC)OCCc2c1[nH]c1c(-c3cccc(C=O)c3)cc(C(C)C)cc21.CCCC1(CC)OCCc2c1[nH]c1c(/C=C/c3ccccc3)cc(C(C)C)cc21. The Morgan fingerprint density at radius 2 is 0.711 bits per heavy atom. The van der Waals surface area contributed by atoms with Crippen LogP contribution in [0.25, 0.3) is 111 Å². The van der Waals surface area contributed by atoms with E-state index in [0.717, 1.165) is 152 Å². The van der Waals surface area contributed by atoms with Gasteiger partial charge >= 0.3 is 0 Å². The molecular weight excluding hydrogens is 1490 g/mol. The summed E-state index contributed by atoms with van der Waals surface area (Å²) in [4.78, 5) is 26.8. The number of carbonyl (C=O) groups is 1. The molecule has 121 heavy (non-hydrogen) atoms. The van der Waals surface area contributed by atoms with Crippen LogP contribution in [0, 0.1) is 13.8 Å². The first-order valence-electron chi connectivity index (χ1n) is 46.1. The van der Waals surface area contributed by atoms with E-state index in [9.17, 15) is 4.79 Å². The van der Waals surface area contributed by atoms with Gasteiger partial charge in [0.25, 0.3) is 0 Å². The summed E-state index contributed by atoms with van der Waals surface area (Å²) in [6.45, 7) is 43.8. The Morgan fingerprint density at radius 3 is 1.12 bits per heavy atom. The lowest BCUT2D eigenvalue weighted by molar-refractivity contribution is -0.0725. The van der Waals surface area contributed by atoms with Crippen molar-refractivity contribution in [3.63, 3.8) is 0 Å². The smallest absolute Gasteiger partial charge is 0.150 e. The van der Waals surface area contributed by atoms with Gasteiger partial charge < -0.3 is 43.3 Å². The molecule has 4 atom stereocenters. The molecule has 0 fully saturated rings. The van der Waals surface area contributed by atoms with Crippen LogP contribution in [0.3, 0.4) is 0 Å². The minimum absolute atomic E-state index is 0.167. The molecule has 0 bridgehead atoms. The maximum absolute atomic E-state index is 11.4. The first-order valence-corrected chi connectivity index (χ1v) is 46.1. The van der Waals surface area contributed by atoms with Crippen LogP contribution in [0.5, 0.6) is 0 Å². The minimum Gasteiger partial charge on any atom is -0.456 e. The van der Waals surface area contributed by atoms with Crippen LogP contribution < -0.4 is 0 Å². The third-order valence-corrected chi connectivity index (χ3v) is 27.3. The van der Waals surface area contributed by atoms with E-state index in [1.165, 1.54) is 172 Å². The Kier molecular flexibility index (Phi) is 25.9. The molecule has 0 spiro atoms. The Labute approximate surface area is 719 Å². The van der Waals surface area contributed by atoms with Gasteiger partial charge in [-0.3, -0.25) is 4.79 Å². The molecule has 14 aromatic rings. The van der Waals surface area contributed by atoms with Crippen molar-refractivity contribution in [2.45, 2.75) is 273 Å². The van der Waals surface area contributed by atoms with Gasteiger partial charge in [0.05, 0.1) is 71.3 Å². The fraction of sp³-hybridized carbons (Fsp3) is 0.414. The summed E-state index contributed by atoms with van der Waals surface area (Å²) in [5.41, 5.74) is 35.8. The number of nitrogens with one attached hydrogen (secondary N) is 4. The maximum Gasteiger partial charge on any atom is 0.150 e. The van der Waals surface area contributed by atoms with E-state index in [4.69, 9.17) is 23.4 Å². The Hall–Kier alpha value is -9.81. The number of para-hydroxylation sites is 1. The number of aromatic nitrogens is 4. The number of ether oxygens (including phenoxy) is 4. The molecule has 10 heteroatoms. The van der Waals surface area contributed by atoms with E-state index in [-0.39, 0.29) is 22.4 Å². The predicted molar refractivity (Wildman–Crippen MR) is 510 cm³/mol. The van der Waals surface area contributed by atoms with Gasteiger partial charge in [-0.15, -0.1) is 0 Å². The van der Waals surface area contributed by atoms with E-state index in [1.807, 2.05) is 30.3 Å². The van der Waals surface area contributed by atoms with Crippen molar-refractivity contribution in [1.82, 2.24) is 19.9 Å². The van der Waals surface area contributed by atoms with E-state index in [0.29, 0.717) is 29.2 Å². The number of H-pyrrole nitrogens is 4. The molecule has 4 unspecified atom stereocenters. The van der Waals surface area contributed by atoms with Crippen LogP contribution >= 0.6 is 0 Å². The highest BCUT2D eigenvalue weighted by Gasteiger charge is 2.43. The third kappa shape index (κ3) is 16.5. The average Bonchev–Trinajstić information content (AvgIpc) is 1.60. The molecule has 4 aliphatic heterocycles. The number of aryl methyl sites for hydroxylation is 2. The fourth-order valence-electron chi connectivity index (χ4n) is 20.7. The number of aromatic amines is 4. The Morgan fingerprint density at radius 1 is 0.339 bits per heavy atom. The Balaban J connectivity index is 0.000000126. The van der Waals surface area contributed by atoms with Crippen molar-refractivity contribution in [2.24, 2.45) is 0 Å². The van der Waals surface area contributed by atoms with E-state index >= 15 is 0 Å². The first kappa shape index (κ1) is 86.1. The number of aldehydes is 1. The fourth-order valence-corrected chi connectivity index (χ4v) is 20.7. The summed E-state index contributed by atoms with van der Waals surface area (Å²) in [5.74, 6) is 1.89. The molecule has 0 saturated carbocycles. The summed E-state index contributed by atoms with van der Waals surface area (Å²) in [7, 11) is 0. The monoisotopic (exact) mass is 1620 g/mol. The van der Waals surface area contributed by atoms with Crippen LogP contribution in [-0.4, -0.2) is 52.6 Å². The van der Waals surface area contributed by atoms with E-state index in [1.54, 1.807) is 0 Å². The second kappa shape index (κ2) is 36.3. The second-order valence-corrected chi connectivity index (χ2v) is 36.5. The lowest BCUT2D eigenvalue weighted by Crippen LogP contribution is -2.35. The van der Waals surface area contributed by atoms with Crippen molar-refractivity contribution >= 4 is 84.0 Å². The zero-order valence-corrected chi connectivity index (χ0v) is 75.7. The van der Waals surface area contributed by atoms with Crippen molar-refractivity contribution in [2.75, 3.05) is 26.4 Å². The minimum atomic E-state index is -0.221. The predicted octanol–water partition coefficient (Wildman–Crippen LogP) is 30.6. The van der Waals surface area contributed by atoms with Gasteiger partial charge in [0.2, 0.25) is 0 Å². The zero-order valence-electron chi connectivity index (χ0n) is 75.7. The van der Waals surface area contributed by atoms with Gasteiger partial charge in [-0.25, -0.2) is 0 Å². The first-order chi connectivity index (χ1) is 58.5. The maximum atomic E-state index is 11.4. The number of carbonyl (C=O) groups excluding carboxylic acids is 1. The van der Waals surface area contributed by atoms with Gasteiger partial charge in [0.1, 0.15) is 39.9 Å². The average molecular weight is 1620 g/mol. The molecule has 632 valence electrons. The third-order valence-electron chi connectivity index (χ3n) is 27.3. The van der Waals surface area contributed by atoms with Crippen LogP contribution in [-0.2, 0) is 67.0 Å². The molecule has 0 aliphatic carbocycles. The molecule has 0 saturated heterocycles. The molecule has 9 heterocycles. The molecular formula is C111H132N4O6. The summed E-state index contributed by atoms with van der Waals surface area (Å²) in [5, 5.41) is 7.80. The van der Waals surface area contributed by atoms with Gasteiger partial charge in [-0.1, -0.05) is 251 Å². The van der Waals surface area contributed by atoms with Crippen molar-refractivity contribution in [3.8, 4) is 33.4 Å². The molecule has 10 nitrogen and oxygen atoms in total. The highest BCUT2D eigenvalue weighted by molar-refractivity contribution is 6.08. The Bertz CT molecular complexity index is 6070. The zero-order chi connectivity index (χ0) is 85.2. The van der Waals surface area contributed by atoms with Gasteiger partial charge in [0.15, 0.2) is 0 Å². The normalized spacial score (nSPS) is 18.9. The highest BCUT2D eigenvalue weighted by Crippen LogP contribution is 2.51. The molecule has 9 aromatic carbocycles. The van der Waals surface area contributed by atoms with Crippen molar-refractivity contribution in [3.05, 3.63) is 259 Å². The lowest BCUT2D eigenvalue weighted by atomic mass is 9.85. The van der Waals surface area contributed by atoms with Crippen molar-refractivity contribution in [1.29, 1.82) is 0 Å². The number of hydrogen-bond acceptors (Lipinski definition) is 6. The van der Waals surface area contributed by atoms with Gasteiger partial charge in [0, 0.05) is 54.6 Å². The van der Waals surface area contributed by atoms with Crippen LogP contribution in [0.15, 0.2) is 168 Å². The molecule has 0 radical (unpaired) electrons. The molecule has 5 aromatic heterocycles. The largest absolute Gasteiger partial charge is 0.456 e. The number of rotatable bonds is 22.